The number of likely N-dealkylation sites (tertiary alicyclic amines) is 1. The predicted octanol–water partition coefficient (Wildman–Crippen LogP) is 1.84. The number of hydrogen-bond acceptors (Lipinski definition) is 4. The van der Waals surface area contributed by atoms with Gasteiger partial charge in [-0.3, -0.25) is 14.7 Å². The fourth-order valence-corrected chi connectivity index (χ4v) is 3.13. The molecule has 164 valence electrons. The number of aliphatic hydroxyl groups is 1. The van der Waals surface area contributed by atoms with Gasteiger partial charge in [-0.05, 0) is 44.7 Å². The van der Waals surface area contributed by atoms with E-state index in [2.05, 4.69) is 50.1 Å². The highest BCUT2D eigenvalue weighted by molar-refractivity contribution is 14.0. The van der Waals surface area contributed by atoms with Gasteiger partial charge in [-0.1, -0.05) is 24.3 Å². The van der Waals surface area contributed by atoms with Crippen LogP contribution in [0.1, 0.15) is 44.7 Å². The van der Waals surface area contributed by atoms with Crippen molar-refractivity contribution < 1.29 is 9.90 Å². The maximum absolute atomic E-state index is 11.9. The lowest BCUT2D eigenvalue weighted by atomic mass is 10.1. The second-order valence-corrected chi connectivity index (χ2v) is 8.40. The SMILES string of the molecule is CN=C(NCC(=O)NC(C)(C)C)NCc1ccc(CN2CCC(O)CC2)cc1.I. The second-order valence-electron chi connectivity index (χ2n) is 8.40. The van der Waals surface area contributed by atoms with Gasteiger partial charge >= 0.3 is 0 Å². The zero-order valence-corrected chi connectivity index (χ0v) is 20.3. The van der Waals surface area contributed by atoms with Gasteiger partial charge in [0.1, 0.15) is 0 Å². The lowest BCUT2D eigenvalue weighted by Crippen LogP contribution is -2.48. The number of carbonyl (C=O) groups is 1. The van der Waals surface area contributed by atoms with Crippen LogP contribution in [0.2, 0.25) is 0 Å². The van der Waals surface area contributed by atoms with E-state index in [1.54, 1.807) is 7.05 Å². The van der Waals surface area contributed by atoms with Crippen LogP contribution >= 0.6 is 24.0 Å². The molecule has 2 rings (SSSR count). The molecule has 1 aromatic carbocycles. The molecule has 0 spiro atoms. The minimum absolute atomic E-state index is 0. The Bertz CT molecular complexity index is 650. The van der Waals surface area contributed by atoms with Crippen molar-refractivity contribution >= 4 is 35.8 Å². The molecule has 29 heavy (non-hydrogen) atoms. The van der Waals surface area contributed by atoms with Crippen molar-refractivity contribution in [3.63, 3.8) is 0 Å². The van der Waals surface area contributed by atoms with Crippen LogP contribution in [0.3, 0.4) is 0 Å². The summed E-state index contributed by atoms with van der Waals surface area (Å²) in [6, 6.07) is 8.52. The normalized spacial score (nSPS) is 16.1. The molecule has 1 amide bonds. The Morgan fingerprint density at radius 1 is 1.14 bits per heavy atom. The van der Waals surface area contributed by atoms with E-state index in [9.17, 15) is 9.90 Å². The number of halogens is 1. The fourth-order valence-electron chi connectivity index (χ4n) is 3.13. The van der Waals surface area contributed by atoms with Crippen LogP contribution in [0, 0.1) is 0 Å². The van der Waals surface area contributed by atoms with Crippen molar-refractivity contribution in [2.24, 2.45) is 4.99 Å². The smallest absolute Gasteiger partial charge is 0.239 e. The highest BCUT2D eigenvalue weighted by atomic mass is 127. The molecule has 0 unspecified atom stereocenters. The third-order valence-corrected chi connectivity index (χ3v) is 4.60. The number of hydrogen-bond donors (Lipinski definition) is 4. The maximum atomic E-state index is 11.9. The van der Waals surface area contributed by atoms with Crippen molar-refractivity contribution in [2.45, 2.75) is 58.3 Å². The zero-order valence-electron chi connectivity index (χ0n) is 18.0. The van der Waals surface area contributed by atoms with Gasteiger partial charge < -0.3 is 21.1 Å². The number of rotatable bonds is 6. The monoisotopic (exact) mass is 517 g/mol. The summed E-state index contributed by atoms with van der Waals surface area (Å²) >= 11 is 0. The molecule has 1 heterocycles. The Morgan fingerprint density at radius 3 is 2.28 bits per heavy atom. The van der Waals surface area contributed by atoms with Crippen LogP contribution in [0.25, 0.3) is 0 Å². The Kier molecular flexibility index (Phi) is 10.9. The molecule has 8 heteroatoms. The molecular formula is C21H36IN5O2. The summed E-state index contributed by atoms with van der Waals surface area (Å²) in [5.74, 6) is 0.532. The van der Waals surface area contributed by atoms with E-state index in [4.69, 9.17) is 0 Å². The van der Waals surface area contributed by atoms with Crippen LogP contribution < -0.4 is 16.0 Å². The highest BCUT2D eigenvalue weighted by Gasteiger charge is 2.17. The van der Waals surface area contributed by atoms with Crippen LogP contribution in [0.15, 0.2) is 29.3 Å². The Morgan fingerprint density at radius 2 is 1.72 bits per heavy atom. The van der Waals surface area contributed by atoms with Crippen molar-refractivity contribution in [1.29, 1.82) is 0 Å². The number of amides is 1. The number of guanidine groups is 1. The first-order valence-electron chi connectivity index (χ1n) is 9.99. The largest absolute Gasteiger partial charge is 0.393 e. The number of benzene rings is 1. The molecule has 1 aliphatic heterocycles. The summed E-state index contributed by atoms with van der Waals surface area (Å²) in [7, 11) is 1.69. The number of carbonyl (C=O) groups excluding carboxylic acids is 1. The van der Waals surface area contributed by atoms with E-state index < -0.39 is 0 Å². The molecule has 0 aliphatic carbocycles. The number of nitrogens with one attached hydrogen (secondary N) is 3. The maximum Gasteiger partial charge on any atom is 0.239 e. The summed E-state index contributed by atoms with van der Waals surface area (Å²) in [5, 5.41) is 18.8. The van der Waals surface area contributed by atoms with Crippen LogP contribution in [0.5, 0.6) is 0 Å². The van der Waals surface area contributed by atoms with Gasteiger partial charge in [-0.15, -0.1) is 24.0 Å². The first kappa shape index (κ1) is 25.6. The molecule has 4 N–H and O–H groups in total. The van der Waals surface area contributed by atoms with Gasteiger partial charge in [-0.25, -0.2) is 0 Å². The first-order chi connectivity index (χ1) is 13.2. The van der Waals surface area contributed by atoms with E-state index in [1.807, 2.05) is 20.8 Å². The first-order valence-corrected chi connectivity index (χ1v) is 9.99. The zero-order chi connectivity index (χ0) is 20.6. The molecule has 0 radical (unpaired) electrons. The fraction of sp³-hybridized carbons (Fsp3) is 0.619. The second kappa shape index (κ2) is 12.3. The topological polar surface area (TPSA) is 89.0 Å². The summed E-state index contributed by atoms with van der Waals surface area (Å²) in [4.78, 5) is 18.4. The third kappa shape index (κ3) is 10.3. The van der Waals surface area contributed by atoms with E-state index in [-0.39, 0.29) is 48.1 Å². The van der Waals surface area contributed by atoms with Crippen molar-refractivity contribution in [2.75, 3.05) is 26.7 Å². The Hall–Kier alpha value is -1.39. The van der Waals surface area contributed by atoms with Gasteiger partial charge in [0.2, 0.25) is 5.91 Å². The lowest BCUT2D eigenvalue weighted by molar-refractivity contribution is -0.121. The van der Waals surface area contributed by atoms with Crippen molar-refractivity contribution in [3.05, 3.63) is 35.4 Å². The molecule has 7 nitrogen and oxygen atoms in total. The van der Waals surface area contributed by atoms with Gasteiger partial charge in [0.25, 0.3) is 0 Å². The van der Waals surface area contributed by atoms with E-state index >= 15 is 0 Å². The molecule has 1 fully saturated rings. The summed E-state index contributed by atoms with van der Waals surface area (Å²) in [6.07, 6.45) is 1.59. The lowest BCUT2D eigenvalue weighted by Gasteiger charge is -2.29. The summed E-state index contributed by atoms with van der Waals surface area (Å²) in [6.45, 7) is 9.51. The van der Waals surface area contributed by atoms with E-state index in [0.29, 0.717) is 12.5 Å². The summed E-state index contributed by atoms with van der Waals surface area (Å²) < 4.78 is 0. The number of aliphatic hydroxyl groups excluding tert-OH is 1. The molecule has 1 aromatic rings. The van der Waals surface area contributed by atoms with Crippen LogP contribution in [0.4, 0.5) is 0 Å². The Balaban J connectivity index is 0.00000420. The molecule has 1 aliphatic rings. The minimum atomic E-state index is -0.245. The van der Waals surface area contributed by atoms with Gasteiger partial charge in [0.05, 0.1) is 12.6 Å². The number of aliphatic imine (C=N–C) groups is 1. The average Bonchev–Trinajstić information content (AvgIpc) is 2.63. The molecule has 0 bridgehead atoms. The number of piperidine rings is 1. The van der Waals surface area contributed by atoms with Crippen molar-refractivity contribution in [3.8, 4) is 0 Å². The number of nitrogens with zero attached hydrogens (tertiary/aromatic N) is 2. The van der Waals surface area contributed by atoms with Gasteiger partial charge in [-0.2, -0.15) is 0 Å². The average molecular weight is 517 g/mol. The minimum Gasteiger partial charge on any atom is -0.393 e. The predicted molar refractivity (Wildman–Crippen MR) is 128 cm³/mol. The third-order valence-electron chi connectivity index (χ3n) is 4.60. The van der Waals surface area contributed by atoms with E-state index in [1.165, 1.54) is 5.56 Å². The van der Waals surface area contributed by atoms with Gasteiger partial charge in [0.15, 0.2) is 5.96 Å². The molecule has 1 saturated heterocycles. The van der Waals surface area contributed by atoms with Gasteiger partial charge in [0, 0.05) is 38.8 Å². The van der Waals surface area contributed by atoms with E-state index in [0.717, 1.165) is 38.0 Å². The highest BCUT2D eigenvalue weighted by Crippen LogP contribution is 2.14. The van der Waals surface area contributed by atoms with Crippen LogP contribution in [-0.2, 0) is 17.9 Å². The Labute approximate surface area is 191 Å². The quantitative estimate of drug-likeness (QED) is 0.263. The molecule has 0 saturated carbocycles. The molecule has 0 atom stereocenters. The standard InChI is InChI=1S/C21H35N5O2.HI/c1-21(2,3)25-19(28)14-24-20(22-4)23-13-16-5-7-17(8-6-16)15-26-11-9-18(27)10-12-26;/h5-8,18,27H,9-15H2,1-4H3,(H,25,28)(H2,22,23,24);1H. The molecular weight excluding hydrogens is 481 g/mol. The summed E-state index contributed by atoms with van der Waals surface area (Å²) in [5.41, 5.74) is 2.19. The molecule has 0 aromatic heterocycles. The van der Waals surface area contributed by atoms with Crippen molar-refractivity contribution in [1.82, 2.24) is 20.9 Å². The van der Waals surface area contributed by atoms with Crippen LogP contribution in [-0.4, -0.2) is 60.2 Å².